The maximum absolute atomic E-state index is 10.8. The highest BCUT2D eigenvalue weighted by molar-refractivity contribution is 7.79. The molecule has 1 amide bonds. The molecule has 6 nitrogen and oxygen atoms in total. The minimum absolute atomic E-state index is 0.0158. The molecular weight excluding hydrogens is 234 g/mol. The lowest BCUT2D eigenvalue weighted by molar-refractivity contribution is 0.0797. The summed E-state index contributed by atoms with van der Waals surface area (Å²) in [5.41, 5.74) is 0. The van der Waals surface area contributed by atoms with Crippen LogP contribution in [0, 0.1) is 11.8 Å². The highest BCUT2D eigenvalue weighted by Gasteiger charge is 2.42. The van der Waals surface area contributed by atoms with Crippen LogP contribution in [0.25, 0.3) is 0 Å². The Balaban J connectivity index is 1.79. The number of nitrogens with zero attached hydrogens (tertiary/aromatic N) is 1. The van der Waals surface area contributed by atoms with Crippen molar-refractivity contribution < 1.29 is 23.4 Å². The Bertz CT molecular complexity index is 296. The molecule has 2 rings (SSSR count). The van der Waals surface area contributed by atoms with Crippen LogP contribution in [-0.4, -0.2) is 50.0 Å². The van der Waals surface area contributed by atoms with Crippen molar-refractivity contribution in [2.24, 2.45) is 11.8 Å². The topological polar surface area (TPSA) is 87.1 Å². The van der Waals surface area contributed by atoms with Gasteiger partial charge in [-0.25, -0.2) is 9.00 Å². The van der Waals surface area contributed by atoms with E-state index in [0.29, 0.717) is 24.9 Å². The zero-order valence-corrected chi connectivity index (χ0v) is 9.56. The van der Waals surface area contributed by atoms with Gasteiger partial charge in [-0.05, 0) is 24.7 Å². The third-order valence-corrected chi connectivity index (χ3v) is 3.72. The number of hydrogen-bond acceptors (Lipinski definition) is 3. The first kappa shape index (κ1) is 11.8. The molecule has 16 heavy (non-hydrogen) atoms. The van der Waals surface area contributed by atoms with E-state index in [1.165, 1.54) is 4.90 Å². The van der Waals surface area contributed by atoms with Gasteiger partial charge in [0, 0.05) is 13.1 Å². The lowest BCUT2D eigenvalue weighted by atomic mass is 10.0. The fourth-order valence-corrected chi connectivity index (χ4v) is 3.00. The molecule has 1 aliphatic carbocycles. The summed E-state index contributed by atoms with van der Waals surface area (Å²) in [5, 5.41) is 8.83. The zero-order chi connectivity index (χ0) is 11.7. The summed E-state index contributed by atoms with van der Waals surface area (Å²) in [6.45, 7) is 1.14. The quantitative estimate of drug-likeness (QED) is 0.714. The van der Waals surface area contributed by atoms with Crippen LogP contribution in [0.4, 0.5) is 4.79 Å². The van der Waals surface area contributed by atoms with Crippen LogP contribution in [0.5, 0.6) is 0 Å². The van der Waals surface area contributed by atoms with Crippen molar-refractivity contribution in [3.8, 4) is 0 Å². The zero-order valence-electron chi connectivity index (χ0n) is 8.74. The van der Waals surface area contributed by atoms with Gasteiger partial charge >= 0.3 is 6.09 Å². The number of fused-ring (bicyclic) bond motifs is 1. The van der Waals surface area contributed by atoms with E-state index in [4.69, 9.17) is 14.4 Å². The molecule has 2 N–H and O–H groups in total. The molecule has 0 radical (unpaired) electrons. The third-order valence-electron chi connectivity index (χ3n) is 3.38. The van der Waals surface area contributed by atoms with Gasteiger partial charge in [0.2, 0.25) is 0 Å². The van der Waals surface area contributed by atoms with Crippen LogP contribution < -0.4 is 0 Å². The Morgan fingerprint density at radius 2 is 1.94 bits per heavy atom. The standard InChI is InChI=1S/C9H15NO5S/c11-9(12)10-3-6-1-8(2-7(6)4-10)15-5-16(13)14/h6-8H,1-5H2,(H,11,12)(H,13,14)/t6-,7+,8?. The van der Waals surface area contributed by atoms with E-state index in [1.807, 2.05) is 0 Å². The number of ether oxygens (including phenoxy) is 1. The van der Waals surface area contributed by atoms with Crippen molar-refractivity contribution in [3.63, 3.8) is 0 Å². The Kier molecular flexibility index (Phi) is 3.46. The average Bonchev–Trinajstić information content (AvgIpc) is 2.70. The molecule has 1 heterocycles. The fourth-order valence-electron chi connectivity index (χ4n) is 2.69. The van der Waals surface area contributed by atoms with Crippen molar-refractivity contribution in [2.45, 2.75) is 18.9 Å². The molecule has 7 heteroatoms. The van der Waals surface area contributed by atoms with E-state index in [1.54, 1.807) is 0 Å². The summed E-state index contributed by atoms with van der Waals surface area (Å²) in [5.74, 6) is 0.564. The highest BCUT2D eigenvalue weighted by Crippen LogP contribution is 2.39. The third kappa shape index (κ3) is 2.53. The molecule has 92 valence electrons. The number of carboxylic acid groups (broad SMARTS) is 1. The van der Waals surface area contributed by atoms with E-state index < -0.39 is 17.2 Å². The summed E-state index contributed by atoms with van der Waals surface area (Å²) in [6, 6.07) is 0. The average molecular weight is 249 g/mol. The number of carbonyl (C=O) groups is 1. The first-order valence-corrected chi connectivity index (χ1v) is 6.50. The first-order valence-electron chi connectivity index (χ1n) is 5.23. The summed E-state index contributed by atoms with van der Waals surface area (Å²) in [6.07, 6.45) is 0.752. The van der Waals surface area contributed by atoms with Crippen LogP contribution in [-0.2, 0) is 15.8 Å². The molecular formula is C9H15NO5S. The summed E-state index contributed by atoms with van der Waals surface area (Å²) >= 11 is -1.91. The lowest BCUT2D eigenvalue weighted by Crippen LogP contribution is -2.28. The minimum atomic E-state index is -1.91. The molecule has 0 aromatic rings. The summed E-state index contributed by atoms with van der Waals surface area (Å²) < 4.78 is 24.3. The van der Waals surface area contributed by atoms with E-state index in [9.17, 15) is 9.00 Å². The molecule has 2 unspecified atom stereocenters. The van der Waals surface area contributed by atoms with Gasteiger partial charge in [-0.2, -0.15) is 0 Å². The van der Waals surface area contributed by atoms with E-state index in [-0.39, 0.29) is 12.0 Å². The van der Waals surface area contributed by atoms with Gasteiger partial charge in [0.1, 0.15) is 5.94 Å². The van der Waals surface area contributed by atoms with Gasteiger partial charge in [-0.1, -0.05) is 0 Å². The molecule has 1 saturated heterocycles. The monoisotopic (exact) mass is 249 g/mol. The van der Waals surface area contributed by atoms with Gasteiger partial charge in [0.05, 0.1) is 6.10 Å². The van der Waals surface area contributed by atoms with Gasteiger partial charge in [0.15, 0.2) is 11.1 Å². The molecule has 2 aliphatic rings. The molecule has 2 fully saturated rings. The van der Waals surface area contributed by atoms with Gasteiger partial charge in [-0.15, -0.1) is 0 Å². The molecule has 4 atom stereocenters. The number of amides is 1. The number of hydrogen-bond donors (Lipinski definition) is 2. The van der Waals surface area contributed by atoms with Crippen molar-refractivity contribution >= 4 is 17.2 Å². The second kappa shape index (κ2) is 4.68. The molecule has 0 bridgehead atoms. The molecule has 1 aliphatic heterocycles. The Labute approximate surface area is 95.9 Å². The molecule has 0 spiro atoms. The van der Waals surface area contributed by atoms with Crippen LogP contribution in [0.3, 0.4) is 0 Å². The molecule has 0 aromatic carbocycles. The van der Waals surface area contributed by atoms with Crippen molar-refractivity contribution in [1.29, 1.82) is 0 Å². The van der Waals surface area contributed by atoms with Crippen LogP contribution in [0.1, 0.15) is 12.8 Å². The maximum Gasteiger partial charge on any atom is 0.407 e. The Morgan fingerprint density at radius 1 is 1.38 bits per heavy atom. The first-order chi connectivity index (χ1) is 7.56. The van der Waals surface area contributed by atoms with E-state index in [2.05, 4.69) is 0 Å². The Hall–Kier alpha value is -0.660. The molecule has 1 saturated carbocycles. The van der Waals surface area contributed by atoms with Gasteiger partial charge in [0.25, 0.3) is 0 Å². The van der Waals surface area contributed by atoms with Crippen molar-refractivity contribution in [3.05, 3.63) is 0 Å². The van der Waals surface area contributed by atoms with Crippen LogP contribution in [0.15, 0.2) is 0 Å². The van der Waals surface area contributed by atoms with Crippen molar-refractivity contribution in [1.82, 2.24) is 4.90 Å². The van der Waals surface area contributed by atoms with Crippen LogP contribution in [0.2, 0.25) is 0 Å². The predicted octanol–water partition coefficient (Wildman–Crippen LogP) is 0.571. The second-order valence-corrected chi connectivity index (χ2v) is 5.29. The lowest BCUT2D eigenvalue weighted by Gasteiger charge is -2.15. The minimum Gasteiger partial charge on any atom is -0.465 e. The normalized spacial score (nSPS) is 35.1. The smallest absolute Gasteiger partial charge is 0.407 e. The number of likely N-dealkylation sites (tertiary alicyclic amines) is 1. The SMILES string of the molecule is O=C(O)N1C[C@H]2CC(OCS(=O)O)C[C@H]2C1. The summed E-state index contributed by atoms with van der Waals surface area (Å²) in [7, 11) is 0. The van der Waals surface area contributed by atoms with E-state index >= 15 is 0 Å². The van der Waals surface area contributed by atoms with Crippen molar-refractivity contribution in [2.75, 3.05) is 19.0 Å². The van der Waals surface area contributed by atoms with E-state index in [0.717, 1.165) is 12.8 Å². The highest BCUT2D eigenvalue weighted by atomic mass is 32.2. The van der Waals surface area contributed by atoms with Crippen LogP contribution >= 0.6 is 0 Å². The van der Waals surface area contributed by atoms with Gasteiger partial charge in [-0.3, -0.25) is 0 Å². The second-order valence-electron chi connectivity index (χ2n) is 4.41. The fraction of sp³-hybridized carbons (Fsp3) is 0.889. The largest absolute Gasteiger partial charge is 0.465 e. The predicted molar refractivity (Wildman–Crippen MR) is 56.3 cm³/mol. The number of rotatable bonds is 3. The summed E-state index contributed by atoms with van der Waals surface area (Å²) in [4.78, 5) is 12.2. The van der Waals surface area contributed by atoms with Gasteiger partial charge < -0.3 is 19.3 Å². The molecule has 0 aromatic heterocycles. The maximum atomic E-state index is 10.8. The Morgan fingerprint density at radius 3 is 2.38 bits per heavy atom.